The van der Waals surface area contributed by atoms with Crippen LogP contribution in [0.3, 0.4) is 0 Å². The summed E-state index contributed by atoms with van der Waals surface area (Å²) in [6.45, 7) is 2.54. The van der Waals surface area contributed by atoms with Crippen LogP contribution in [0.5, 0.6) is 0 Å². The molecule has 0 saturated heterocycles. The fourth-order valence-corrected chi connectivity index (χ4v) is 3.48. The number of aliphatic carboxylic acids is 1. The zero-order valence-electron chi connectivity index (χ0n) is 15.6. The van der Waals surface area contributed by atoms with E-state index in [4.69, 9.17) is 16.0 Å². The molecule has 0 amide bonds. The van der Waals surface area contributed by atoms with Crippen molar-refractivity contribution in [2.45, 2.75) is 18.6 Å². The van der Waals surface area contributed by atoms with Crippen molar-refractivity contribution in [1.82, 2.24) is 14.8 Å². The van der Waals surface area contributed by atoms with Crippen molar-refractivity contribution in [2.75, 3.05) is 19.0 Å². The number of carboxylic acid groups (broad SMARTS) is 1. The van der Waals surface area contributed by atoms with E-state index in [1.165, 1.54) is 6.08 Å². The van der Waals surface area contributed by atoms with Gasteiger partial charge >= 0.3 is 5.97 Å². The molecule has 0 atom stereocenters. The minimum atomic E-state index is -1.06. The molecule has 0 saturated carbocycles. The molecule has 0 unspecified atom stereocenters. The second-order valence-corrected chi connectivity index (χ2v) is 7.49. The fourth-order valence-electron chi connectivity index (χ4n) is 2.48. The quantitative estimate of drug-likeness (QED) is 0.446. The van der Waals surface area contributed by atoms with E-state index >= 15 is 0 Å². The number of carbonyl (C=O) groups is 1. The van der Waals surface area contributed by atoms with Crippen LogP contribution in [0.4, 0.5) is 5.88 Å². The second kappa shape index (κ2) is 8.53. The third-order valence-corrected chi connectivity index (χ3v) is 5.12. The number of hydrogen-bond acceptors (Lipinski definition) is 6. The highest BCUT2D eigenvalue weighted by Crippen LogP contribution is 2.31. The van der Waals surface area contributed by atoms with E-state index in [1.54, 1.807) is 29.2 Å². The van der Waals surface area contributed by atoms with E-state index in [9.17, 15) is 9.90 Å². The Labute approximate surface area is 171 Å². The molecule has 1 N–H and O–H groups in total. The van der Waals surface area contributed by atoms with Crippen LogP contribution in [0.2, 0.25) is 5.02 Å². The average molecular weight is 419 g/mol. The first-order valence-corrected chi connectivity index (χ1v) is 9.67. The number of rotatable bonds is 7. The molecule has 3 rings (SSSR count). The van der Waals surface area contributed by atoms with Crippen molar-refractivity contribution in [3.05, 3.63) is 52.1 Å². The van der Waals surface area contributed by atoms with Crippen LogP contribution < -0.4 is 4.90 Å². The minimum Gasteiger partial charge on any atom is -0.477 e. The number of thioether (sulfide) groups is 1. The Morgan fingerprint density at radius 2 is 1.96 bits per heavy atom. The number of carboxylic acids is 1. The van der Waals surface area contributed by atoms with Gasteiger partial charge in [0.2, 0.25) is 0 Å². The maximum atomic E-state index is 11.7. The highest BCUT2D eigenvalue weighted by Gasteiger charge is 2.19. The molecule has 28 heavy (non-hydrogen) atoms. The molecule has 9 heteroatoms. The molecule has 0 radical (unpaired) electrons. The number of nitrogens with zero attached hydrogens (tertiary/aromatic N) is 4. The molecule has 146 valence electrons. The van der Waals surface area contributed by atoms with Gasteiger partial charge in [0.25, 0.3) is 0 Å². The molecule has 0 aliphatic rings. The highest BCUT2D eigenvalue weighted by molar-refractivity contribution is 8.04. The van der Waals surface area contributed by atoms with Gasteiger partial charge in [-0.2, -0.15) is 0 Å². The van der Waals surface area contributed by atoms with Gasteiger partial charge in [0.15, 0.2) is 16.9 Å². The number of anilines is 1. The summed E-state index contributed by atoms with van der Waals surface area (Å²) in [5, 5.41) is 19.2. The van der Waals surface area contributed by atoms with Crippen molar-refractivity contribution in [2.24, 2.45) is 0 Å². The summed E-state index contributed by atoms with van der Waals surface area (Å²) in [4.78, 5) is 13.6. The first-order chi connectivity index (χ1) is 13.4. The molecule has 3 aromatic rings. The van der Waals surface area contributed by atoms with Gasteiger partial charge in [-0.25, -0.2) is 4.79 Å². The second-order valence-electron chi connectivity index (χ2n) is 6.04. The van der Waals surface area contributed by atoms with E-state index in [0.717, 1.165) is 17.3 Å². The van der Waals surface area contributed by atoms with Crippen LogP contribution in [0.1, 0.15) is 12.7 Å². The van der Waals surface area contributed by atoms with E-state index in [0.29, 0.717) is 34.2 Å². The lowest BCUT2D eigenvalue weighted by molar-refractivity contribution is -0.131. The van der Waals surface area contributed by atoms with Gasteiger partial charge in [-0.1, -0.05) is 11.6 Å². The number of halogens is 1. The van der Waals surface area contributed by atoms with Gasteiger partial charge in [-0.05, 0) is 49.0 Å². The summed E-state index contributed by atoms with van der Waals surface area (Å²) >= 11 is 6.98. The number of aromatic nitrogens is 3. The molecule has 0 aliphatic heterocycles. The van der Waals surface area contributed by atoms with Gasteiger partial charge < -0.3 is 19.0 Å². The van der Waals surface area contributed by atoms with Crippen LogP contribution in [-0.2, 0) is 11.3 Å². The average Bonchev–Trinajstić information content (AvgIpc) is 3.28. The molecule has 0 aliphatic carbocycles. The van der Waals surface area contributed by atoms with Crippen molar-refractivity contribution in [3.8, 4) is 11.4 Å². The predicted molar refractivity (Wildman–Crippen MR) is 111 cm³/mol. The standard InChI is InChI=1S/C19H19ClN4O3S/c1-4-24-17(12-5-7-13(20)8-6-12)21-22-19(24)28-15(18(25)26)11-14-9-10-16(27-14)23(2)3/h5-11H,4H2,1-3H3,(H,25,26)/b15-11+. The Morgan fingerprint density at radius 3 is 2.54 bits per heavy atom. The molecule has 0 fully saturated rings. The lowest BCUT2D eigenvalue weighted by Gasteiger charge is -2.08. The van der Waals surface area contributed by atoms with E-state index < -0.39 is 5.97 Å². The fraction of sp³-hybridized carbons (Fsp3) is 0.211. The monoisotopic (exact) mass is 418 g/mol. The molecular weight excluding hydrogens is 400 g/mol. The smallest absolute Gasteiger partial charge is 0.342 e. The van der Waals surface area contributed by atoms with Gasteiger partial charge in [-0.15, -0.1) is 10.2 Å². The summed E-state index contributed by atoms with van der Waals surface area (Å²) in [5.41, 5.74) is 0.855. The van der Waals surface area contributed by atoms with Crippen LogP contribution in [0.15, 0.2) is 50.9 Å². The molecule has 2 aromatic heterocycles. The SMILES string of the molecule is CCn1c(S/C(=C/c2ccc(N(C)C)o2)C(=O)O)nnc1-c1ccc(Cl)cc1. The summed E-state index contributed by atoms with van der Waals surface area (Å²) in [7, 11) is 3.70. The topological polar surface area (TPSA) is 84.4 Å². The van der Waals surface area contributed by atoms with Crippen molar-refractivity contribution in [3.63, 3.8) is 0 Å². The van der Waals surface area contributed by atoms with E-state index in [1.807, 2.05) is 37.7 Å². The Kier molecular flexibility index (Phi) is 6.11. The first-order valence-electron chi connectivity index (χ1n) is 8.48. The van der Waals surface area contributed by atoms with Crippen molar-refractivity contribution in [1.29, 1.82) is 0 Å². The van der Waals surface area contributed by atoms with Crippen LogP contribution >= 0.6 is 23.4 Å². The summed E-state index contributed by atoms with van der Waals surface area (Å²) < 4.78 is 7.48. The Morgan fingerprint density at radius 1 is 1.25 bits per heavy atom. The zero-order valence-corrected chi connectivity index (χ0v) is 17.2. The van der Waals surface area contributed by atoms with Crippen LogP contribution in [0.25, 0.3) is 17.5 Å². The number of furan rings is 1. The molecule has 7 nitrogen and oxygen atoms in total. The van der Waals surface area contributed by atoms with Crippen molar-refractivity contribution < 1.29 is 14.3 Å². The van der Waals surface area contributed by atoms with E-state index in [2.05, 4.69) is 10.2 Å². The predicted octanol–water partition coefficient (Wildman–Crippen LogP) is 4.50. The lowest BCUT2D eigenvalue weighted by atomic mass is 10.2. The Balaban J connectivity index is 1.92. The van der Waals surface area contributed by atoms with E-state index in [-0.39, 0.29) is 4.91 Å². The first kappa shape index (κ1) is 20.0. The molecule has 2 heterocycles. The zero-order chi connectivity index (χ0) is 20.3. The number of benzene rings is 1. The lowest BCUT2D eigenvalue weighted by Crippen LogP contribution is -2.06. The molecule has 1 aromatic carbocycles. The van der Waals surface area contributed by atoms with Gasteiger partial charge in [-0.3, -0.25) is 0 Å². The van der Waals surface area contributed by atoms with Gasteiger partial charge in [0.05, 0.1) is 0 Å². The summed E-state index contributed by atoms with van der Waals surface area (Å²) in [6, 6.07) is 10.8. The summed E-state index contributed by atoms with van der Waals surface area (Å²) in [6.07, 6.45) is 1.48. The maximum Gasteiger partial charge on any atom is 0.342 e. The summed E-state index contributed by atoms with van der Waals surface area (Å²) in [5.74, 6) is 0.683. The number of hydrogen-bond donors (Lipinski definition) is 1. The normalized spacial score (nSPS) is 11.6. The third-order valence-electron chi connectivity index (χ3n) is 3.87. The largest absolute Gasteiger partial charge is 0.477 e. The molecular formula is C19H19ClN4O3S. The molecule has 0 bridgehead atoms. The highest BCUT2D eigenvalue weighted by atomic mass is 35.5. The van der Waals surface area contributed by atoms with Crippen LogP contribution in [0, 0.1) is 0 Å². The minimum absolute atomic E-state index is 0.0874. The van der Waals surface area contributed by atoms with Crippen molar-refractivity contribution >= 4 is 41.3 Å². The Hall–Kier alpha value is -2.71. The third kappa shape index (κ3) is 4.40. The molecule has 0 spiro atoms. The maximum absolute atomic E-state index is 11.7. The van der Waals surface area contributed by atoms with Crippen LogP contribution in [-0.4, -0.2) is 39.9 Å². The Bertz CT molecular complexity index is 1010. The van der Waals surface area contributed by atoms with Gasteiger partial charge in [0, 0.05) is 43.4 Å². The van der Waals surface area contributed by atoms with Gasteiger partial charge in [0.1, 0.15) is 10.7 Å².